The molecule has 14 heteroatoms. The average molecular weight is 672 g/mol. The second-order valence-corrected chi connectivity index (χ2v) is 10.9. The van der Waals surface area contributed by atoms with Gasteiger partial charge in [0.15, 0.2) is 6.10 Å². The third-order valence-electron chi connectivity index (χ3n) is 5.23. The van der Waals surface area contributed by atoms with Crippen molar-refractivity contribution in [3.63, 3.8) is 0 Å². The van der Waals surface area contributed by atoms with Crippen molar-refractivity contribution in [1.82, 2.24) is 0 Å². The molecular formula is C24H24F3IO9S. The van der Waals surface area contributed by atoms with Gasteiger partial charge in [-0.05, 0) is 65.1 Å². The molecule has 3 rings (SSSR count). The molecule has 5 atom stereocenters. The highest BCUT2D eigenvalue weighted by Gasteiger charge is 2.50. The first-order valence-electron chi connectivity index (χ1n) is 11.0. The standard InChI is InChI=1S/C24H24F3IO9S/c1-3-11-33-21-20(30)19(13-34-38(31,32)18-6-4-5-15(12-18)24(25,26)27)37-23(22(21)35-14(2)29)36-17-9-7-16(28)8-10-17/h3-10,12,19-23,30H,1,11,13H2,2H3. The molecule has 0 bridgehead atoms. The predicted molar refractivity (Wildman–Crippen MR) is 135 cm³/mol. The van der Waals surface area contributed by atoms with Crippen LogP contribution in [-0.2, 0) is 39.5 Å². The van der Waals surface area contributed by atoms with Gasteiger partial charge in [0.1, 0.15) is 24.1 Å². The van der Waals surface area contributed by atoms with E-state index < -0.39 is 70.0 Å². The lowest BCUT2D eigenvalue weighted by molar-refractivity contribution is -0.287. The van der Waals surface area contributed by atoms with Crippen molar-refractivity contribution < 1.29 is 54.6 Å². The topological polar surface area (TPSA) is 118 Å². The van der Waals surface area contributed by atoms with Crippen LogP contribution in [0.1, 0.15) is 12.5 Å². The van der Waals surface area contributed by atoms with Gasteiger partial charge in [-0.25, -0.2) is 0 Å². The Labute approximate surface area is 230 Å². The van der Waals surface area contributed by atoms with E-state index in [2.05, 4.69) is 29.2 Å². The van der Waals surface area contributed by atoms with Crippen LogP contribution >= 0.6 is 22.6 Å². The molecule has 0 spiro atoms. The molecule has 1 N–H and O–H groups in total. The van der Waals surface area contributed by atoms with Gasteiger partial charge in [0.2, 0.25) is 6.29 Å². The van der Waals surface area contributed by atoms with E-state index in [0.29, 0.717) is 11.8 Å². The second-order valence-electron chi connectivity index (χ2n) is 8.03. The van der Waals surface area contributed by atoms with Crippen molar-refractivity contribution in [2.75, 3.05) is 13.2 Å². The summed E-state index contributed by atoms with van der Waals surface area (Å²) in [5.41, 5.74) is -1.18. The number of carbonyl (C=O) groups excluding carboxylic acids is 1. The molecule has 0 aromatic heterocycles. The van der Waals surface area contributed by atoms with Gasteiger partial charge in [0, 0.05) is 10.5 Å². The Balaban J connectivity index is 1.86. The number of aliphatic hydroxyl groups excluding tert-OH is 1. The molecular weight excluding hydrogens is 648 g/mol. The molecule has 2 aromatic carbocycles. The van der Waals surface area contributed by atoms with Crippen LogP contribution in [0.3, 0.4) is 0 Å². The van der Waals surface area contributed by atoms with Crippen LogP contribution in [-0.4, -0.2) is 63.4 Å². The second kappa shape index (κ2) is 12.7. The maximum absolute atomic E-state index is 13.0. The van der Waals surface area contributed by atoms with E-state index in [1.807, 2.05) is 0 Å². The smallest absolute Gasteiger partial charge is 0.416 e. The van der Waals surface area contributed by atoms with Crippen LogP contribution in [0.5, 0.6) is 5.75 Å². The maximum Gasteiger partial charge on any atom is 0.416 e. The molecule has 1 heterocycles. The lowest BCUT2D eigenvalue weighted by Gasteiger charge is -2.43. The summed E-state index contributed by atoms with van der Waals surface area (Å²) in [7, 11) is -4.69. The fourth-order valence-electron chi connectivity index (χ4n) is 3.51. The lowest BCUT2D eigenvalue weighted by atomic mass is 9.98. The SMILES string of the molecule is C=CCOC1C(O)C(COS(=O)(=O)c2cccc(C(F)(F)F)c2)OC(Oc2ccc(I)cc2)C1OC(C)=O. The van der Waals surface area contributed by atoms with E-state index in [-0.39, 0.29) is 6.61 Å². The average Bonchev–Trinajstić information content (AvgIpc) is 2.85. The fraction of sp³-hybridized carbons (Fsp3) is 0.375. The molecule has 5 unspecified atom stereocenters. The quantitative estimate of drug-likeness (QED) is 0.175. The normalized spacial score (nSPS) is 24.0. The van der Waals surface area contributed by atoms with Crippen LogP contribution in [0.2, 0.25) is 0 Å². The number of alkyl halides is 3. The first-order valence-corrected chi connectivity index (χ1v) is 13.5. The van der Waals surface area contributed by atoms with Gasteiger partial charge < -0.3 is 24.1 Å². The predicted octanol–water partition coefficient (Wildman–Crippen LogP) is 3.68. The van der Waals surface area contributed by atoms with Crippen LogP contribution < -0.4 is 4.74 Å². The number of aliphatic hydroxyl groups is 1. The van der Waals surface area contributed by atoms with Gasteiger partial charge in [0.25, 0.3) is 10.1 Å². The molecule has 38 heavy (non-hydrogen) atoms. The van der Waals surface area contributed by atoms with Crippen LogP contribution in [0, 0.1) is 3.57 Å². The van der Waals surface area contributed by atoms with Gasteiger partial charge in [-0.3, -0.25) is 8.98 Å². The molecule has 2 aromatic rings. The summed E-state index contributed by atoms with van der Waals surface area (Å²) in [5, 5.41) is 10.9. The van der Waals surface area contributed by atoms with E-state index in [1.165, 1.54) is 6.08 Å². The Bertz CT molecular complexity index is 1220. The molecule has 1 saturated heterocycles. The van der Waals surface area contributed by atoms with E-state index in [0.717, 1.165) is 28.7 Å². The molecule has 1 aliphatic heterocycles. The zero-order chi connectivity index (χ0) is 28.1. The summed E-state index contributed by atoms with van der Waals surface area (Å²) in [6.07, 6.45) is -10.3. The number of carbonyl (C=O) groups is 1. The minimum Gasteiger partial charge on any atom is -0.461 e. The summed E-state index contributed by atoms with van der Waals surface area (Å²) < 4.78 is 92.8. The number of rotatable bonds is 10. The molecule has 208 valence electrons. The Morgan fingerprint density at radius 2 is 1.87 bits per heavy atom. The van der Waals surface area contributed by atoms with E-state index in [9.17, 15) is 31.5 Å². The minimum absolute atomic E-state index is 0.0775. The monoisotopic (exact) mass is 672 g/mol. The highest BCUT2D eigenvalue weighted by atomic mass is 127. The first kappa shape index (κ1) is 30.3. The summed E-state index contributed by atoms with van der Waals surface area (Å²) in [5.74, 6) is -0.418. The van der Waals surface area contributed by atoms with Gasteiger partial charge in [-0.2, -0.15) is 21.6 Å². The number of halogens is 4. The highest BCUT2D eigenvalue weighted by molar-refractivity contribution is 14.1. The van der Waals surface area contributed by atoms with Crippen molar-refractivity contribution in [3.8, 4) is 5.75 Å². The first-order chi connectivity index (χ1) is 17.8. The fourth-order valence-corrected chi connectivity index (χ4v) is 4.84. The maximum atomic E-state index is 13.0. The van der Waals surface area contributed by atoms with Crippen molar-refractivity contribution in [2.45, 2.75) is 48.7 Å². The Morgan fingerprint density at radius 3 is 2.47 bits per heavy atom. The molecule has 1 fully saturated rings. The van der Waals surface area contributed by atoms with Crippen LogP contribution in [0.4, 0.5) is 13.2 Å². The molecule has 0 aliphatic carbocycles. The zero-order valence-electron chi connectivity index (χ0n) is 19.8. The van der Waals surface area contributed by atoms with Gasteiger partial charge in [-0.1, -0.05) is 12.1 Å². The van der Waals surface area contributed by atoms with Crippen molar-refractivity contribution >= 4 is 38.7 Å². The van der Waals surface area contributed by atoms with Crippen LogP contribution in [0.15, 0.2) is 66.1 Å². The summed E-state index contributed by atoms with van der Waals surface area (Å²) >= 11 is 2.09. The molecule has 1 aliphatic rings. The Morgan fingerprint density at radius 1 is 1.18 bits per heavy atom. The van der Waals surface area contributed by atoms with Gasteiger partial charge in [0.05, 0.1) is 23.7 Å². The largest absolute Gasteiger partial charge is 0.461 e. The third kappa shape index (κ3) is 7.89. The summed E-state index contributed by atoms with van der Waals surface area (Å²) in [6.45, 7) is 3.78. The van der Waals surface area contributed by atoms with Gasteiger partial charge in [-0.15, -0.1) is 6.58 Å². The lowest BCUT2D eigenvalue weighted by Crippen LogP contribution is -2.62. The summed E-state index contributed by atoms with van der Waals surface area (Å²) in [4.78, 5) is 11.1. The number of hydrogen-bond acceptors (Lipinski definition) is 9. The van der Waals surface area contributed by atoms with E-state index >= 15 is 0 Å². The van der Waals surface area contributed by atoms with Crippen molar-refractivity contribution in [1.29, 1.82) is 0 Å². The number of hydrogen-bond donors (Lipinski definition) is 1. The molecule has 0 amide bonds. The van der Waals surface area contributed by atoms with E-state index in [4.69, 9.17) is 23.1 Å². The minimum atomic E-state index is -4.77. The van der Waals surface area contributed by atoms with Crippen molar-refractivity contribution in [2.24, 2.45) is 0 Å². The number of ether oxygens (including phenoxy) is 4. The van der Waals surface area contributed by atoms with Crippen LogP contribution in [0.25, 0.3) is 0 Å². The highest BCUT2D eigenvalue weighted by Crippen LogP contribution is 2.32. The molecule has 9 nitrogen and oxygen atoms in total. The van der Waals surface area contributed by atoms with Gasteiger partial charge >= 0.3 is 12.1 Å². The number of benzene rings is 2. The number of esters is 1. The molecule has 0 saturated carbocycles. The molecule has 0 radical (unpaired) electrons. The Hall–Kier alpha value is -2.24. The van der Waals surface area contributed by atoms with E-state index in [1.54, 1.807) is 24.3 Å². The third-order valence-corrected chi connectivity index (χ3v) is 7.23. The van der Waals surface area contributed by atoms with Crippen molar-refractivity contribution in [3.05, 3.63) is 70.3 Å². The summed E-state index contributed by atoms with van der Waals surface area (Å²) in [6, 6.07) is 9.73. The Kier molecular flexibility index (Phi) is 10.2. The zero-order valence-corrected chi connectivity index (χ0v) is 22.8.